The fraction of sp³-hybridized carbons (Fsp3) is 0.353. The first-order chi connectivity index (χ1) is 11.3. The Kier molecular flexibility index (Phi) is 5.23. The molecule has 1 aromatic carbocycles. The lowest BCUT2D eigenvalue weighted by atomic mass is 10.0. The molecule has 0 radical (unpaired) electrons. The molecule has 2 aromatic rings. The molecule has 0 fully saturated rings. The first kappa shape index (κ1) is 17.5. The zero-order chi connectivity index (χ0) is 17.9. The Morgan fingerprint density at radius 3 is 2.42 bits per heavy atom. The monoisotopic (exact) mass is 331 g/mol. The Morgan fingerprint density at radius 1 is 1.21 bits per heavy atom. The van der Waals surface area contributed by atoms with Gasteiger partial charge < -0.3 is 10.4 Å². The Balaban J connectivity index is 2.25. The quantitative estimate of drug-likeness (QED) is 0.846. The fourth-order valence-electron chi connectivity index (χ4n) is 2.59. The maximum Gasteiger partial charge on any atom is 0.303 e. The molecule has 0 saturated heterocycles. The van der Waals surface area contributed by atoms with Gasteiger partial charge in [0.15, 0.2) is 0 Å². The van der Waals surface area contributed by atoms with Crippen molar-refractivity contribution in [2.45, 2.75) is 26.7 Å². The molecule has 24 heavy (non-hydrogen) atoms. The van der Waals surface area contributed by atoms with Crippen LogP contribution in [-0.2, 0) is 16.6 Å². The van der Waals surface area contributed by atoms with E-state index >= 15 is 0 Å². The molecule has 0 aliphatic carbocycles. The molecule has 1 heterocycles. The van der Waals surface area contributed by atoms with Gasteiger partial charge in [0.2, 0.25) is 5.91 Å². The summed E-state index contributed by atoms with van der Waals surface area (Å²) in [4.78, 5) is 35.4. The van der Waals surface area contributed by atoms with Gasteiger partial charge in [-0.2, -0.15) is 0 Å². The molecule has 0 aliphatic heterocycles. The van der Waals surface area contributed by atoms with E-state index in [1.165, 1.54) is 4.68 Å². The summed E-state index contributed by atoms with van der Waals surface area (Å²) in [7, 11) is 1.74. The van der Waals surface area contributed by atoms with Crippen molar-refractivity contribution in [3.05, 3.63) is 46.4 Å². The molecule has 7 nitrogen and oxygen atoms in total. The number of carbonyl (C=O) groups excluding carboxylic acids is 1. The van der Waals surface area contributed by atoms with E-state index in [0.29, 0.717) is 11.4 Å². The lowest BCUT2D eigenvalue weighted by molar-refractivity contribution is -0.138. The summed E-state index contributed by atoms with van der Waals surface area (Å²) in [5, 5.41) is 11.4. The number of benzene rings is 1. The molecule has 1 aromatic heterocycles. The van der Waals surface area contributed by atoms with E-state index in [0.717, 1.165) is 0 Å². The molecule has 1 atom stereocenters. The number of para-hydroxylation sites is 1. The number of carboxylic acids is 1. The highest BCUT2D eigenvalue weighted by Crippen LogP contribution is 2.15. The highest BCUT2D eigenvalue weighted by atomic mass is 16.4. The summed E-state index contributed by atoms with van der Waals surface area (Å²) in [5.74, 6) is -1.62. The second-order valence-electron chi connectivity index (χ2n) is 5.89. The zero-order valence-corrected chi connectivity index (χ0v) is 13.9. The van der Waals surface area contributed by atoms with Gasteiger partial charge in [0.25, 0.3) is 5.56 Å². The second-order valence-corrected chi connectivity index (χ2v) is 5.89. The molecule has 2 N–H and O–H groups in total. The Morgan fingerprint density at radius 2 is 1.83 bits per heavy atom. The summed E-state index contributed by atoms with van der Waals surface area (Å²) in [6, 6.07) is 9.13. The zero-order valence-electron chi connectivity index (χ0n) is 13.9. The first-order valence-electron chi connectivity index (χ1n) is 7.67. The van der Waals surface area contributed by atoms with Crippen LogP contribution in [0.2, 0.25) is 0 Å². The number of carboxylic acid groups (broad SMARTS) is 1. The molecule has 7 heteroatoms. The van der Waals surface area contributed by atoms with Crippen LogP contribution >= 0.6 is 0 Å². The van der Waals surface area contributed by atoms with E-state index in [9.17, 15) is 14.4 Å². The van der Waals surface area contributed by atoms with Gasteiger partial charge >= 0.3 is 5.97 Å². The number of anilines is 1. The Bertz CT molecular complexity index is 805. The van der Waals surface area contributed by atoms with Crippen molar-refractivity contribution >= 4 is 17.6 Å². The number of hydrogen-bond donors (Lipinski definition) is 2. The van der Waals surface area contributed by atoms with Crippen LogP contribution in [0, 0.1) is 12.8 Å². The van der Waals surface area contributed by atoms with E-state index in [1.54, 1.807) is 37.7 Å². The number of aromatic nitrogens is 2. The summed E-state index contributed by atoms with van der Waals surface area (Å²) in [6.07, 6.45) is -0.0408. The average Bonchev–Trinajstić information content (AvgIpc) is 2.71. The van der Waals surface area contributed by atoms with Crippen LogP contribution in [0.1, 0.15) is 25.5 Å². The number of amides is 1. The minimum absolute atomic E-state index is 0.0470. The normalized spacial score (nSPS) is 12.0. The fourth-order valence-corrected chi connectivity index (χ4v) is 2.59. The maximum absolute atomic E-state index is 12.6. The van der Waals surface area contributed by atoms with E-state index in [1.807, 2.05) is 18.2 Å². The molecule has 0 spiro atoms. The maximum atomic E-state index is 12.6. The van der Waals surface area contributed by atoms with Crippen LogP contribution in [-0.4, -0.2) is 26.3 Å². The minimum Gasteiger partial charge on any atom is -0.481 e. The lowest BCUT2D eigenvalue weighted by Gasteiger charge is -2.08. The van der Waals surface area contributed by atoms with Crippen molar-refractivity contribution in [2.24, 2.45) is 13.0 Å². The summed E-state index contributed by atoms with van der Waals surface area (Å²) >= 11 is 0. The van der Waals surface area contributed by atoms with E-state index < -0.39 is 5.97 Å². The van der Waals surface area contributed by atoms with E-state index in [2.05, 4.69) is 5.32 Å². The van der Waals surface area contributed by atoms with Crippen molar-refractivity contribution in [1.82, 2.24) is 9.36 Å². The largest absolute Gasteiger partial charge is 0.481 e. The van der Waals surface area contributed by atoms with Gasteiger partial charge in [-0.3, -0.25) is 19.1 Å². The molecule has 128 valence electrons. The van der Waals surface area contributed by atoms with Gasteiger partial charge in [-0.05, 0) is 25.0 Å². The summed E-state index contributed by atoms with van der Waals surface area (Å²) in [5.41, 5.74) is 1.23. The van der Waals surface area contributed by atoms with Crippen LogP contribution in [0.4, 0.5) is 5.69 Å². The van der Waals surface area contributed by atoms with Crippen LogP contribution in [0.3, 0.4) is 0 Å². The van der Waals surface area contributed by atoms with Crippen molar-refractivity contribution in [1.29, 1.82) is 0 Å². The second kappa shape index (κ2) is 7.16. The lowest BCUT2D eigenvalue weighted by Crippen LogP contribution is -2.24. The standard InChI is InChI=1S/C17H21N3O4/c1-11(10-15(22)23)9-14(21)18-16-12(2)19(3)20(17(16)24)13-7-5-4-6-8-13/h4-8,11H,9-10H2,1-3H3,(H,18,21)(H,22,23)/t11-/m1/s1. The predicted molar refractivity (Wildman–Crippen MR) is 90.4 cm³/mol. The summed E-state index contributed by atoms with van der Waals surface area (Å²) < 4.78 is 3.15. The number of carbonyl (C=O) groups is 2. The number of nitrogens with zero attached hydrogens (tertiary/aromatic N) is 2. The molecule has 0 bridgehead atoms. The van der Waals surface area contributed by atoms with E-state index in [4.69, 9.17) is 5.11 Å². The minimum atomic E-state index is -0.947. The van der Waals surface area contributed by atoms with Gasteiger partial charge in [-0.15, -0.1) is 0 Å². The molecule has 0 aliphatic rings. The first-order valence-corrected chi connectivity index (χ1v) is 7.67. The highest BCUT2D eigenvalue weighted by Gasteiger charge is 2.19. The Hall–Kier alpha value is -2.83. The van der Waals surface area contributed by atoms with Gasteiger partial charge in [0.1, 0.15) is 5.69 Å². The van der Waals surface area contributed by atoms with Gasteiger partial charge in [-0.25, -0.2) is 4.68 Å². The van der Waals surface area contributed by atoms with Gasteiger partial charge in [0.05, 0.1) is 11.4 Å². The SMILES string of the molecule is Cc1c(NC(=O)C[C@@H](C)CC(=O)O)c(=O)n(-c2ccccc2)n1C. The molecule has 0 unspecified atom stereocenters. The molecule has 2 rings (SSSR count). The van der Waals surface area contributed by atoms with Crippen molar-refractivity contribution in [3.63, 3.8) is 0 Å². The number of hydrogen-bond acceptors (Lipinski definition) is 3. The average molecular weight is 331 g/mol. The smallest absolute Gasteiger partial charge is 0.303 e. The van der Waals surface area contributed by atoms with Gasteiger partial charge in [-0.1, -0.05) is 25.1 Å². The third-order valence-electron chi connectivity index (χ3n) is 3.88. The number of nitrogens with one attached hydrogen (secondary N) is 1. The van der Waals surface area contributed by atoms with Crippen molar-refractivity contribution in [2.75, 3.05) is 5.32 Å². The number of rotatable bonds is 6. The van der Waals surface area contributed by atoms with Crippen LogP contribution in [0.25, 0.3) is 5.69 Å². The van der Waals surface area contributed by atoms with Crippen molar-refractivity contribution < 1.29 is 14.7 Å². The highest BCUT2D eigenvalue weighted by molar-refractivity contribution is 5.91. The van der Waals surface area contributed by atoms with Crippen LogP contribution in [0.15, 0.2) is 35.1 Å². The van der Waals surface area contributed by atoms with Crippen molar-refractivity contribution in [3.8, 4) is 5.69 Å². The molecular formula is C17H21N3O4. The molecule has 0 saturated carbocycles. The van der Waals surface area contributed by atoms with Crippen LogP contribution in [0.5, 0.6) is 0 Å². The molecular weight excluding hydrogens is 310 g/mol. The Labute approximate surface area is 139 Å². The van der Waals surface area contributed by atoms with Crippen LogP contribution < -0.4 is 10.9 Å². The van der Waals surface area contributed by atoms with Gasteiger partial charge in [0, 0.05) is 19.9 Å². The topological polar surface area (TPSA) is 93.3 Å². The number of aliphatic carboxylic acids is 1. The van der Waals surface area contributed by atoms with E-state index in [-0.39, 0.29) is 35.9 Å². The third-order valence-corrected chi connectivity index (χ3v) is 3.88. The predicted octanol–water partition coefficient (Wildman–Crippen LogP) is 1.92. The summed E-state index contributed by atoms with van der Waals surface area (Å²) in [6.45, 7) is 3.44. The molecule has 1 amide bonds. The third kappa shape index (κ3) is 3.73.